The van der Waals surface area contributed by atoms with Gasteiger partial charge in [0.15, 0.2) is 0 Å². The Labute approximate surface area is 104 Å². The lowest BCUT2D eigenvalue weighted by atomic mass is 9.92. The normalized spacial score (nSPS) is 19.0. The second-order valence-corrected chi connectivity index (χ2v) is 4.97. The topological polar surface area (TPSA) is 48.1 Å². The number of fused-ring (bicyclic) bond motifs is 1. The highest BCUT2D eigenvalue weighted by Crippen LogP contribution is 2.35. The highest BCUT2D eigenvalue weighted by molar-refractivity contribution is 7.13. The Morgan fingerprint density at radius 1 is 1.47 bits per heavy atom. The predicted molar refractivity (Wildman–Crippen MR) is 69.0 cm³/mol. The number of thiazole rings is 1. The van der Waals surface area contributed by atoms with Crippen molar-refractivity contribution in [2.75, 3.05) is 13.2 Å². The zero-order valence-corrected chi connectivity index (χ0v) is 10.2. The van der Waals surface area contributed by atoms with Gasteiger partial charge < -0.3 is 10.5 Å². The van der Waals surface area contributed by atoms with Crippen LogP contribution in [0.4, 0.5) is 0 Å². The minimum absolute atomic E-state index is 0.0478. The van der Waals surface area contributed by atoms with Gasteiger partial charge in [-0.15, -0.1) is 11.3 Å². The van der Waals surface area contributed by atoms with Gasteiger partial charge in [-0.05, 0) is 23.1 Å². The maximum Gasteiger partial charge on any atom is 0.0950 e. The first-order chi connectivity index (χ1) is 8.40. The summed E-state index contributed by atoms with van der Waals surface area (Å²) in [5.74, 6) is 0. The molecule has 2 heterocycles. The van der Waals surface area contributed by atoms with E-state index in [1.54, 1.807) is 11.3 Å². The molecule has 0 radical (unpaired) electrons. The van der Waals surface area contributed by atoms with Gasteiger partial charge in [-0.2, -0.15) is 0 Å². The van der Waals surface area contributed by atoms with E-state index in [1.807, 2.05) is 11.7 Å². The number of ether oxygens (including phenoxy) is 1. The molecule has 1 atom stereocenters. The van der Waals surface area contributed by atoms with Gasteiger partial charge in [-0.1, -0.05) is 18.2 Å². The smallest absolute Gasteiger partial charge is 0.0950 e. The maximum atomic E-state index is 5.75. The van der Waals surface area contributed by atoms with Crippen LogP contribution in [-0.4, -0.2) is 18.1 Å². The predicted octanol–water partition coefficient (Wildman–Crippen LogP) is 2.38. The Balaban J connectivity index is 2.12. The number of nitrogens with two attached hydrogens (primary N) is 1. The Bertz CT molecular complexity index is 510. The van der Waals surface area contributed by atoms with Gasteiger partial charge in [0.05, 0.1) is 23.1 Å². The zero-order valence-electron chi connectivity index (χ0n) is 9.43. The SMILES string of the molecule is NC[C@H]1OCCc2c(-c3cncs3)cccc21. The molecule has 0 saturated heterocycles. The molecule has 0 spiro atoms. The fourth-order valence-corrected chi connectivity index (χ4v) is 3.03. The molecule has 0 fully saturated rings. The molecule has 17 heavy (non-hydrogen) atoms. The van der Waals surface area contributed by atoms with Crippen molar-refractivity contribution in [2.24, 2.45) is 5.73 Å². The Morgan fingerprint density at radius 3 is 3.18 bits per heavy atom. The molecular weight excluding hydrogens is 232 g/mol. The number of aromatic nitrogens is 1. The number of nitrogens with zero attached hydrogens (tertiary/aromatic N) is 1. The first kappa shape index (κ1) is 10.9. The van der Waals surface area contributed by atoms with Crippen molar-refractivity contribution in [2.45, 2.75) is 12.5 Å². The molecule has 1 aliphatic rings. The van der Waals surface area contributed by atoms with E-state index in [9.17, 15) is 0 Å². The molecule has 1 aromatic carbocycles. The average molecular weight is 246 g/mol. The summed E-state index contributed by atoms with van der Waals surface area (Å²) in [6, 6.07) is 6.35. The van der Waals surface area contributed by atoms with E-state index in [2.05, 4.69) is 23.2 Å². The van der Waals surface area contributed by atoms with Gasteiger partial charge in [0, 0.05) is 12.7 Å². The van der Waals surface area contributed by atoms with E-state index >= 15 is 0 Å². The zero-order chi connectivity index (χ0) is 11.7. The monoisotopic (exact) mass is 246 g/mol. The van der Waals surface area contributed by atoms with E-state index in [0.717, 1.165) is 13.0 Å². The van der Waals surface area contributed by atoms with E-state index in [4.69, 9.17) is 10.5 Å². The van der Waals surface area contributed by atoms with Gasteiger partial charge in [-0.3, -0.25) is 4.98 Å². The molecule has 88 valence electrons. The number of hydrogen-bond acceptors (Lipinski definition) is 4. The van der Waals surface area contributed by atoms with Crippen LogP contribution in [0, 0.1) is 0 Å². The lowest BCUT2D eigenvalue weighted by Gasteiger charge is -2.26. The fraction of sp³-hybridized carbons (Fsp3) is 0.308. The van der Waals surface area contributed by atoms with Crippen LogP contribution in [-0.2, 0) is 11.2 Å². The molecule has 2 aromatic rings. The Morgan fingerprint density at radius 2 is 2.41 bits per heavy atom. The van der Waals surface area contributed by atoms with E-state index < -0.39 is 0 Å². The van der Waals surface area contributed by atoms with Crippen LogP contribution in [0.2, 0.25) is 0 Å². The van der Waals surface area contributed by atoms with Crippen LogP contribution in [0.3, 0.4) is 0 Å². The molecular formula is C13H14N2OS. The first-order valence-electron chi connectivity index (χ1n) is 5.72. The van der Waals surface area contributed by atoms with Crippen molar-refractivity contribution in [3.63, 3.8) is 0 Å². The second-order valence-electron chi connectivity index (χ2n) is 4.08. The van der Waals surface area contributed by atoms with Crippen LogP contribution >= 0.6 is 11.3 Å². The fourth-order valence-electron chi connectivity index (χ4n) is 2.35. The van der Waals surface area contributed by atoms with Gasteiger partial charge >= 0.3 is 0 Å². The quantitative estimate of drug-likeness (QED) is 0.885. The van der Waals surface area contributed by atoms with Gasteiger partial charge in [0.1, 0.15) is 0 Å². The molecule has 2 N–H and O–H groups in total. The minimum atomic E-state index is 0.0478. The van der Waals surface area contributed by atoms with Gasteiger partial charge in [-0.25, -0.2) is 0 Å². The Hall–Kier alpha value is -1.23. The highest BCUT2D eigenvalue weighted by atomic mass is 32.1. The molecule has 0 saturated carbocycles. The van der Waals surface area contributed by atoms with Crippen LogP contribution in [0.25, 0.3) is 10.4 Å². The van der Waals surface area contributed by atoms with Crippen LogP contribution in [0.5, 0.6) is 0 Å². The van der Waals surface area contributed by atoms with Crippen molar-refractivity contribution in [1.82, 2.24) is 4.98 Å². The molecule has 3 rings (SSSR count). The average Bonchev–Trinajstić information content (AvgIpc) is 2.91. The standard InChI is InChI=1S/C13H14N2OS/c14-6-12-10-2-1-3-11(9(10)4-5-16-12)13-7-15-8-17-13/h1-3,7-8,12H,4-6,14H2/t12-/m1/s1. The minimum Gasteiger partial charge on any atom is -0.372 e. The summed E-state index contributed by atoms with van der Waals surface area (Å²) in [5.41, 5.74) is 11.5. The van der Waals surface area contributed by atoms with E-state index in [0.29, 0.717) is 6.54 Å². The first-order valence-corrected chi connectivity index (χ1v) is 6.60. The summed E-state index contributed by atoms with van der Waals surface area (Å²) < 4.78 is 5.69. The lowest BCUT2D eigenvalue weighted by molar-refractivity contribution is 0.0487. The van der Waals surface area contributed by atoms with Gasteiger partial charge in [0.2, 0.25) is 0 Å². The number of rotatable bonds is 2. The summed E-state index contributed by atoms with van der Waals surface area (Å²) >= 11 is 1.67. The summed E-state index contributed by atoms with van der Waals surface area (Å²) in [6.07, 6.45) is 2.93. The Kier molecular flexibility index (Phi) is 2.93. The summed E-state index contributed by atoms with van der Waals surface area (Å²) in [7, 11) is 0. The van der Waals surface area contributed by atoms with Crippen LogP contribution in [0.1, 0.15) is 17.2 Å². The summed E-state index contributed by atoms with van der Waals surface area (Å²) in [6.45, 7) is 1.30. The van der Waals surface area contributed by atoms with Crippen LogP contribution in [0.15, 0.2) is 29.9 Å². The van der Waals surface area contributed by atoms with Crippen molar-refractivity contribution < 1.29 is 4.74 Å². The summed E-state index contributed by atoms with van der Waals surface area (Å²) in [4.78, 5) is 5.37. The third-order valence-electron chi connectivity index (χ3n) is 3.14. The van der Waals surface area contributed by atoms with Crippen LogP contribution < -0.4 is 5.73 Å². The van der Waals surface area contributed by atoms with Crippen molar-refractivity contribution >= 4 is 11.3 Å². The number of benzene rings is 1. The molecule has 3 nitrogen and oxygen atoms in total. The third kappa shape index (κ3) is 1.88. The molecule has 1 aliphatic heterocycles. The molecule has 0 unspecified atom stereocenters. The van der Waals surface area contributed by atoms with Gasteiger partial charge in [0.25, 0.3) is 0 Å². The highest BCUT2D eigenvalue weighted by Gasteiger charge is 2.22. The van der Waals surface area contributed by atoms with E-state index in [1.165, 1.54) is 21.6 Å². The van der Waals surface area contributed by atoms with E-state index in [-0.39, 0.29) is 6.10 Å². The maximum absolute atomic E-state index is 5.75. The lowest BCUT2D eigenvalue weighted by Crippen LogP contribution is -2.23. The third-order valence-corrected chi connectivity index (χ3v) is 3.95. The molecule has 0 amide bonds. The molecule has 4 heteroatoms. The molecule has 1 aromatic heterocycles. The number of hydrogen-bond donors (Lipinski definition) is 1. The summed E-state index contributed by atoms with van der Waals surface area (Å²) in [5, 5.41) is 0. The van der Waals surface area contributed by atoms with Crippen molar-refractivity contribution in [3.05, 3.63) is 41.0 Å². The molecule has 0 bridgehead atoms. The second kappa shape index (κ2) is 4.56. The largest absolute Gasteiger partial charge is 0.372 e. The van der Waals surface area contributed by atoms with Crippen molar-refractivity contribution in [1.29, 1.82) is 0 Å². The molecule has 0 aliphatic carbocycles. The van der Waals surface area contributed by atoms with Crippen molar-refractivity contribution in [3.8, 4) is 10.4 Å².